The smallest absolute Gasteiger partial charge is 0.344 e. The molecule has 1 aromatic heterocycles. The van der Waals surface area contributed by atoms with Gasteiger partial charge in [-0.05, 0) is 41.0 Å². The molecule has 0 bridgehead atoms. The van der Waals surface area contributed by atoms with Crippen LogP contribution in [0.3, 0.4) is 0 Å². The number of hydrogen-bond acceptors (Lipinski definition) is 6. The van der Waals surface area contributed by atoms with Crippen molar-refractivity contribution in [2.75, 3.05) is 13.7 Å². The van der Waals surface area contributed by atoms with E-state index in [2.05, 4.69) is 0 Å². The van der Waals surface area contributed by atoms with Gasteiger partial charge in [0.2, 0.25) is 0 Å². The van der Waals surface area contributed by atoms with Crippen molar-refractivity contribution in [1.29, 1.82) is 0 Å². The topological polar surface area (TPSA) is 75.0 Å². The van der Waals surface area contributed by atoms with Gasteiger partial charge in [-0.3, -0.25) is 0 Å². The Labute approximate surface area is 178 Å². The Balaban J connectivity index is 1.49. The first-order valence-corrected chi connectivity index (χ1v) is 9.67. The Morgan fingerprint density at radius 1 is 0.903 bits per heavy atom. The molecule has 0 unspecified atom stereocenters. The van der Waals surface area contributed by atoms with Gasteiger partial charge in [0, 0.05) is 17.5 Å². The highest BCUT2D eigenvalue weighted by molar-refractivity contribution is 5.93. The van der Waals surface area contributed by atoms with Crippen LogP contribution in [0.1, 0.15) is 5.56 Å². The van der Waals surface area contributed by atoms with E-state index in [1.807, 2.05) is 54.6 Å². The first-order chi connectivity index (χ1) is 15.1. The van der Waals surface area contributed by atoms with Gasteiger partial charge >= 0.3 is 11.6 Å². The molecule has 31 heavy (non-hydrogen) atoms. The van der Waals surface area contributed by atoms with Crippen molar-refractivity contribution < 1.29 is 23.4 Å². The number of hydrogen-bond donors (Lipinski definition) is 0. The summed E-state index contributed by atoms with van der Waals surface area (Å²) < 4.78 is 21.3. The summed E-state index contributed by atoms with van der Waals surface area (Å²) in [6, 6.07) is 23.4. The first kappa shape index (κ1) is 20.2. The van der Waals surface area contributed by atoms with Crippen molar-refractivity contribution in [1.82, 2.24) is 0 Å². The summed E-state index contributed by atoms with van der Waals surface area (Å²) in [5.41, 5.74) is 2.39. The van der Waals surface area contributed by atoms with Crippen LogP contribution in [0.15, 0.2) is 88.1 Å². The maximum atomic E-state index is 12.1. The average molecular weight is 416 g/mol. The third-order valence-electron chi connectivity index (χ3n) is 4.72. The van der Waals surface area contributed by atoms with Crippen LogP contribution in [0.5, 0.6) is 11.5 Å². The van der Waals surface area contributed by atoms with E-state index in [1.54, 1.807) is 25.3 Å². The second kappa shape index (κ2) is 9.17. The Bertz CT molecular complexity index is 1240. The van der Waals surface area contributed by atoms with Crippen molar-refractivity contribution in [3.8, 4) is 22.6 Å². The molecule has 0 aliphatic carbocycles. The third-order valence-corrected chi connectivity index (χ3v) is 4.72. The number of methoxy groups -OCH3 is 1. The molecule has 6 nitrogen and oxygen atoms in total. The highest BCUT2D eigenvalue weighted by atomic mass is 16.6. The van der Waals surface area contributed by atoms with Crippen molar-refractivity contribution in [2.45, 2.75) is 6.61 Å². The molecule has 6 heteroatoms. The maximum absolute atomic E-state index is 12.1. The van der Waals surface area contributed by atoms with Crippen LogP contribution in [0.25, 0.3) is 22.1 Å². The van der Waals surface area contributed by atoms with Crippen LogP contribution in [-0.4, -0.2) is 19.7 Å². The van der Waals surface area contributed by atoms with Crippen LogP contribution in [0.2, 0.25) is 0 Å². The minimum absolute atomic E-state index is 0.181. The molecule has 156 valence electrons. The van der Waals surface area contributed by atoms with Crippen LogP contribution < -0.4 is 15.1 Å². The van der Waals surface area contributed by atoms with E-state index >= 15 is 0 Å². The molecule has 0 saturated carbocycles. The zero-order valence-corrected chi connectivity index (χ0v) is 16.9. The number of fused-ring (bicyclic) bond motifs is 1. The Hall–Kier alpha value is -4.06. The van der Waals surface area contributed by atoms with Crippen LogP contribution >= 0.6 is 0 Å². The van der Waals surface area contributed by atoms with Gasteiger partial charge in [-0.25, -0.2) is 9.59 Å². The lowest BCUT2D eigenvalue weighted by atomic mass is 10.0. The monoisotopic (exact) mass is 416 g/mol. The maximum Gasteiger partial charge on any atom is 0.344 e. The van der Waals surface area contributed by atoms with E-state index in [-0.39, 0.29) is 13.2 Å². The molecular formula is C25H20O6. The number of rotatable bonds is 7. The SMILES string of the molecule is COc1ccc(-c2cc(=O)oc3cc(OCC(=O)OCc4ccccc4)ccc23)cc1. The standard InChI is InChI=1S/C25H20O6/c1-28-19-9-7-18(8-10-19)22-14-24(26)31-23-13-20(11-12-21(22)23)29-16-25(27)30-15-17-5-3-2-4-6-17/h2-14H,15-16H2,1H3. The second-order valence-corrected chi connectivity index (χ2v) is 6.80. The quantitative estimate of drug-likeness (QED) is 0.324. The molecule has 0 spiro atoms. The van der Waals surface area contributed by atoms with Crippen molar-refractivity contribution in [3.05, 3.63) is 94.8 Å². The number of benzene rings is 3. The summed E-state index contributed by atoms with van der Waals surface area (Å²) in [6.45, 7) is -0.0679. The fourth-order valence-electron chi connectivity index (χ4n) is 3.16. The van der Waals surface area contributed by atoms with Crippen LogP contribution in [0.4, 0.5) is 0 Å². The predicted molar refractivity (Wildman–Crippen MR) is 116 cm³/mol. The number of ether oxygens (including phenoxy) is 3. The van der Waals surface area contributed by atoms with Crippen LogP contribution in [-0.2, 0) is 16.1 Å². The molecule has 0 N–H and O–H groups in total. The minimum atomic E-state index is -0.489. The summed E-state index contributed by atoms with van der Waals surface area (Å²) in [7, 11) is 1.60. The van der Waals surface area contributed by atoms with Crippen molar-refractivity contribution >= 4 is 16.9 Å². The molecule has 0 aliphatic heterocycles. The summed E-state index contributed by atoms with van der Waals surface area (Å²) in [6.07, 6.45) is 0. The van der Waals surface area contributed by atoms with E-state index in [0.717, 1.165) is 27.8 Å². The van der Waals surface area contributed by atoms with Gasteiger partial charge in [-0.2, -0.15) is 0 Å². The fourth-order valence-corrected chi connectivity index (χ4v) is 3.16. The molecule has 0 fully saturated rings. The van der Waals surface area contributed by atoms with E-state index < -0.39 is 11.6 Å². The fraction of sp³-hybridized carbons (Fsp3) is 0.120. The molecule has 3 aromatic carbocycles. The zero-order chi connectivity index (χ0) is 21.6. The predicted octanol–water partition coefficient (Wildman–Crippen LogP) is 4.59. The van der Waals surface area contributed by atoms with E-state index in [0.29, 0.717) is 11.3 Å². The van der Waals surface area contributed by atoms with E-state index in [4.69, 9.17) is 18.6 Å². The molecule has 0 radical (unpaired) electrons. The van der Waals surface area contributed by atoms with Crippen molar-refractivity contribution in [3.63, 3.8) is 0 Å². The van der Waals surface area contributed by atoms with Gasteiger partial charge < -0.3 is 18.6 Å². The summed E-state index contributed by atoms with van der Waals surface area (Å²) in [5.74, 6) is 0.641. The van der Waals surface area contributed by atoms with Gasteiger partial charge in [0.1, 0.15) is 23.7 Å². The third kappa shape index (κ3) is 4.93. The minimum Gasteiger partial charge on any atom is -0.497 e. The number of carbonyl (C=O) groups is 1. The van der Waals surface area contributed by atoms with Gasteiger partial charge in [0.25, 0.3) is 0 Å². The van der Waals surface area contributed by atoms with Gasteiger partial charge in [0.15, 0.2) is 6.61 Å². The molecular weight excluding hydrogens is 396 g/mol. The van der Waals surface area contributed by atoms with Crippen LogP contribution in [0, 0.1) is 0 Å². The molecule has 0 atom stereocenters. The molecule has 0 aliphatic rings. The summed E-state index contributed by atoms with van der Waals surface area (Å²) in [4.78, 5) is 24.1. The van der Waals surface area contributed by atoms with Gasteiger partial charge in [0.05, 0.1) is 7.11 Å². The Kier molecular flexibility index (Phi) is 5.98. The van der Waals surface area contributed by atoms with E-state index in [9.17, 15) is 9.59 Å². The van der Waals surface area contributed by atoms with Gasteiger partial charge in [-0.15, -0.1) is 0 Å². The average Bonchev–Trinajstić information content (AvgIpc) is 2.81. The van der Waals surface area contributed by atoms with E-state index in [1.165, 1.54) is 6.07 Å². The largest absolute Gasteiger partial charge is 0.497 e. The molecule has 0 saturated heterocycles. The highest BCUT2D eigenvalue weighted by Gasteiger charge is 2.11. The number of carbonyl (C=O) groups excluding carboxylic acids is 1. The highest BCUT2D eigenvalue weighted by Crippen LogP contribution is 2.30. The lowest BCUT2D eigenvalue weighted by Gasteiger charge is -2.10. The van der Waals surface area contributed by atoms with Crippen molar-refractivity contribution in [2.24, 2.45) is 0 Å². The normalized spacial score (nSPS) is 10.6. The summed E-state index contributed by atoms with van der Waals surface area (Å²) in [5, 5.41) is 0.753. The Morgan fingerprint density at radius 2 is 1.65 bits per heavy atom. The molecule has 0 amide bonds. The lowest BCUT2D eigenvalue weighted by Crippen LogP contribution is -2.14. The first-order valence-electron chi connectivity index (χ1n) is 9.67. The second-order valence-electron chi connectivity index (χ2n) is 6.80. The Morgan fingerprint density at radius 3 is 2.39 bits per heavy atom. The number of esters is 1. The molecule has 4 aromatic rings. The van der Waals surface area contributed by atoms with Gasteiger partial charge in [-0.1, -0.05) is 42.5 Å². The lowest BCUT2D eigenvalue weighted by molar-refractivity contribution is -0.147. The molecule has 1 heterocycles. The molecule has 4 rings (SSSR count). The zero-order valence-electron chi connectivity index (χ0n) is 16.9. The summed E-state index contributed by atoms with van der Waals surface area (Å²) >= 11 is 0.